The van der Waals surface area contributed by atoms with E-state index in [-0.39, 0.29) is 24.6 Å². The third-order valence-corrected chi connectivity index (χ3v) is 7.11. The van der Waals surface area contributed by atoms with E-state index in [2.05, 4.69) is 11.4 Å². The molecule has 0 saturated carbocycles. The average molecular weight is 569 g/mol. The second kappa shape index (κ2) is 24.1. The molecule has 0 unspecified atom stereocenters. The number of carbonyl (C=O) groups is 3. The topological polar surface area (TPSA) is 136 Å². The van der Waals surface area contributed by atoms with Crippen LogP contribution in [0.1, 0.15) is 123 Å². The fraction of sp³-hybridized carbons (Fsp3) is 0.885. The van der Waals surface area contributed by atoms with Gasteiger partial charge in [-0.2, -0.15) is 0 Å². The van der Waals surface area contributed by atoms with Gasteiger partial charge in [-0.15, -0.1) is 0 Å². The number of hydrogen-bond donors (Lipinski definition) is 2. The largest absolute Gasteiger partial charge is 0.469 e. The van der Waals surface area contributed by atoms with Crippen molar-refractivity contribution in [1.29, 1.82) is 0 Å². The Morgan fingerprint density at radius 1 is 0.730 bits per heavy atom. The quantitative estimate of drug-likeness (QED) is 0.0715. The molecule has 1 atom stereocenters. The molecule has 0 rings (SSSR count). The van der Waals surface area contributed by atoms with Gasteiger partial charge in [0.15, 0.2) is 11.2 Å². The number of rotatable bonds is 25. The Morgan fingerprint density at radius 3 is 1.73 bits per heavy atom. The predicted octanol–water partition coefficient (Wildman–Crippen LogP) is 6.48. The molecule has 0 aromatic carbocycles. The van der Waals surface area contributed by atoms with E-state index in [4.69, 9.17) is 19.3 Å². The molecule has 0 fully saturated rings. The lowest BCUT2D eigenvalue weighted by molar-refractivity contribution is -0.161. The van der Waals surface area contributed by atoms with Crippen LogP contribution in [0.15, 0.2) is 0 Å². The monoisotopic (exact) mass is 568 g/mol. The zero-order valence-corrected chi connectivity index (χ0v) is 24.5. The van der Waals surface area contributed by atoms with E-state index in [0.29, 0.717) is 12.8 Å². The smallest absolute Gasteiger partial charge is 0.462 e. The zero-order valence-electron chi connectivity index (χ0n) is 22.8. The van der Waals surface area contributed by atoms with E-state index in [1.54, 1.807) is 6.92 Å². The molecule has 0 radical (unpaired) electrons. The molecule has 218 valence electrons. The Balaban J connectivity index is 4.09. The molecule has 2 N–H and O–H groups in total. The fourth-order valence-electron chi connectivity index (χ4n) is 3.67. The van der Waals surface area contributed by atoms with Gasteiger partial charge in [-0.3, -0.25) is 18.9 Å². The molecule has 0 heterocycles. The fourth-order valence-corrected chi connectivity index (χ4v) is 4.67. The van der Waals surface area contributed by atoms with E-state index in [0.717, 1.165) is 50.7 Å². The Bertz CT molecular complexity index is 654. The molecule has 0 aliphatic carbocycles. The second-order valence-corrected chi connectivity index (χ2v) is 11.9. The molecule has 0 aliphatic rings. The van der Waals surface area contributed by atoms with Gasteiger partial charge >= 0.3 is 19.8 Å². The first-order valence-corrected chi connectivity index (χ1v) is 16.3. The number of esters is 2. The van der Waals surface area contributed by atoms with Crippen LogP contribution in [0.25, 0.3) is 0 Å². The van der Waals surface area contributed by atoms with Gasteiger partial charge in [0, 0.05) is 25.5 Å². The number of hydrogen-bond acceptors (Lipinski definition) is 8. The van der Waals surface area contributed by atoms with Gasteiger partial charge in [0.05, 0.1) is 6.61 Å². The molecule has 0 amide bonds. The molecule has 0 bridgehead atoms. The third kappa shape index (κ3) is 27.9. The minimum atomic E-state index is -4.75. The van der Waals surface area contributed by atoms with Crippen molar-refractivity contribution in [3.05, 3.63) is 0 Å². The van der Waals surface area contributed by atoms with Crippen LogP contribution in [0, 0.1) is 0 Å². The van der Waals surface area contributed by atoms with Crippen LogP contribution in [0.3, 0.4) is 0 Å². The SMILES string of the molecule is CCCCCCCCCCCCC(=O)O[C@H](COC(=O)CCCCCCCSC(C)=O)COP(=O)(O)O. The number of phosphoric acid groups is 1. The maximum Gasteiger partial charge on any atom is 0.469 e. The number of thioether (sulfide) groups is 1. The van der Waals surface area contributed by atoms with Crippen molar-refractivity contribution in [3.8, 4) is 0 Å². The van der Waals surface area contributed by atoms with Gasteiger partial charge in [-0.1, -0.05) is 95.7 Å². The van der Waals surface area contributed by atoms with Crippen LogP contribution in [-0.2, 0) is 32.9 Å². The number of unbranched alkanes of at least 4 members (excludes halogenated alkanes) is 13. The lowest BCUT2D eigenvalue weighted by Crippen LogP contribution is -2.29. The summed E-state index contributed by atoms with van der Waals surface area (Å²) in [5.41, 5.74) is 0. The summed E-state index contributed by atoms with van der Waals surface area (Å²) >= 11 is 1.32. The van der Waals surface area contributed by atoms with Crippen molar-refractivity contribution >= 4 is 36.6 Å². The highest BCUT2D eigenvalue weighted by atomic mass is 32.2. The Kier molecular flexibility index (Phi) is 23.5. The molecule has 0 aliphatic heterocycles. The van der Waals surface area contributed by atoms with E-state index in [1.165, 1.54) is 50.3 Å². The first-order valence-electron chi connectivity index (χ1n) is 13.8. The molecule has 11 heteroatoms. The maximum atomic E-state index is 12.2. The van der Waals surface area contributed by atoms with Crippen molar-refractivity contribution in [1.82, 2.24) is 0 Å². The summed E-state index contributed by atoms with van der Waals surface area (Å²) < 4.78 is 25.9. The lowest BCUT2D eigenvalue weighted by atomic mass is 10.1. The first kappa shape index (κ1) is 36.1. The molecular weight excluding hydrogens is 519 g/mol. The third-order valence-electron chi connectivity index (χ3n) is 5.72. The van der Waals surface area contributed by atoms with Gasteiger partial charge in [-0.25, -0.2) is 4.57 Å². The van der Waals surface area contributed by atoms with E-state index in [1.807, 2.05) is 0 Å². The van der Waals surface area contributed by atoms with Gasteiger partial charge in [-0.05, 0) is 19.3 Å². The second-order valence-electron chi connectivity index (χ2n) is 9.37. The number of carbonyl (C=O) groups excluding carboxylic acids is 3. The molecule has 9 nitrogen and oxygen atoms in total. The van der Waals surface area contributed by atoms with Crippen molar-refractivity contribution in [2.24, 2.45) is 0 Å². The number of phosphoric ester groups is 1. The zero-order chi connectivity index (χ0) is 27.8. The summed E-state index contributed by atoms with van der Waals surface area (Å²) in [6.45, 7) is 2.89. The summed E-state index contributed by atoms with van der Waals surface area (Å²) in [6, 6.07) is 0. The highest BCUT2D eigenvalue weighted by Gasteiger charge is 2.22. The molecule has 0 saturated heterocycles. The van der Waals surface area contributed by atoms with Crippen LogP contribution in [0.4, 0.5) is 0 Å². The molecular formula is C26H49O9PS. The average Bonchev–Trinajstić information content (AvgIpc) is 2.83. The minimum absolute atomic E-state index is 0.122. The lowest BCUT2D eigenvalue weighted by Gasteiger charge is -2.18. The van der Waals surface area contributed by atoms with Gasteiger partial charge in [0.1, 0.15) is 6.61 Å². The van der Waals surface area contributed by atoms with Crippen molar-refractivity contribution in [2.45, 2.75) is 129 Å². The Morgan fingerprint density at radius 2 is 1.22 bits per heavy atom. The summed E-state index contributed by atoms with van der Waals surface area (Å²) in [6.07, 6.45) is 15.1. The standard InChI is InChI=1S/C26H49O9PS/c1-3-4-5-6-7-8-9-10-12-16-19-26(29)35-24(22-34-36(30,31)32)21-33-25(28)18-15-13-11-14-17-20-37-23(2)27/h24H,3-22H2,1-2H3,(H2,30,31,32)/t24-/m1/s1. The maximum absolute atomic E-state index is 12.2. The summed E-state index contributed by atoms with van der Waals surface area (Å²) in [7, 11) is -4.75. The van der Waals surface area contributed by atoms with Crippen LogP contribution < -0.4 is 0 Å². The molecule has 0 spiro atoms. The van der Waals surface area contributed by atoms with Crippen LogP contribution in [0.5, 0.6) is 0 Å². The minimum Gasteiger partial charge on any atom is -0.462 e. The van der Waals surface area contributed by atoms with Crippen molar-refractivity contribution in [3.63, 3.8) is 0 Å². The van der Waals surface area contributed by atoms with Crippen LogP contribution in [-0.4, -0.2) is 51.9 Å². The van der Waals surface area contributed by atoms with E-state index < -0.39 is 32.5 Å². The predicted molar refractivity (Wildman–Crippen MR) is 146 cm³/mol. The normalized spacial score (nSPS) is 12.3. The Labute approximate surface area is 227 Å². The van der Waals surface area contributed by atoms with E-state index >= 15 is 0 Å². The van der Waals surface area contributed by atoms with E-state index in [9.17, 15) is 18.9 Å². The van der Waals surface area contributed by atoms with Gasteiger partial charge in [0.25, 0.3) is 0 Å². The molecule has 0 aromatic rings. The van der Waals surface area contributed by atoms with Gasteiger partial charge in [0.2, 0.25) is 0 Å². The number of ether oxygens (including phenoxy) is 2. The van der Waals surface area contributed by atoms with Crippen LogP contribution >= 0.6 is 19.6 Å². The van der Waals surface area contributed by atoms with Crippen molar-refractivity contribution in [2.75, 3.05) is 19.0 Å². The Hall–Kier alpha value is -0.930. The van der Waals surface area contributed by atoms with Crippen LogP contribution in [0.2, 0.25) is 0 Å². The highest BCUT2D eigenvalue weighted by Crippen LogP contribution is 2.35. The summed E-state index contributed by atoms with van der Waals surface area (Å²) in [4.78, 5) is 53.0. The highest BCUT2D eigenvalue weighted by molar-refractivity contribution is 8.13. The summed E-state index contributed by atoms with van der Waals surface area (Å²) in [5, 5.41) is 0.122. The first-order chi connectivity index (χ1) is 17.6. The summed E-state index contributed by atoms with van der Waals surface area (Å²) in [5.74, 6) is -0.148. The molecule has 37 heavy (non-hydrogen) atoms. The van der Waals surface area contributed by atoms with Crippen molar-refractivity contribution < 1.29 is 42.7 Å². The van der Waals surface area contributed by atoms with Gasteiger partial charge < -0.3 is 19.3 Å². The molecule has 0 aromatic heterocycles.